The molecule has 11 heteroatoms. The molecular formula is C22H29N3O7S. The van der Waals surface area contributed by atoms with Crippen molar-refractivity contribution in [2.75, 3.05) is 44.8 Å². The Labute approximate surface area is 192 Å². The van der Waals surface area contributed by atoms with Gasteiger partial charge in [0, 0.05) is 61.4 Å². The molecule has 0 amide bonds. The number of benzene rings is 1. The Hall–Kier alpha value is -2.63. The summed E-state index contributed by atoms with van der Waals surface area (Å²) in [7, 11) is -1.44. The molecule has 0 radical (unpaired) electrons. The highest BCUT2D eigenvalue weighted by molar-refractivity contribution is 7.91. The van der Waals surface area contributed by atoms with Crippen LogP contribution in [0.3, 0.4) is 0 Å². The molecule has 0 unspecified atom stereocenters. The molecular weight excluding hydrogens is 450 g/mol. The van der Waals surface area contributed by atoms with E-state index in [1.165, 1.54) is 0 Å². The van der Waals surface area contributed by atoms with Crippen LogP contribution >= 0.6 is 0 Å². The molecule has 2 fully saturated rings. The first-order chi connectivity index (χ1) is 15.7. The first kappa shape index (κ1) is 23.5. The van der Waals surface area contributed by atoms with E-state index < -0.39 is 27.8 Å². The molecule has 180 valence electrons. The van der Waals surface area contributed by atoms with Crippen molar-refractivity contribution in [2.24, 2.45) is 0 Å². The molecule has 2 N–H and O–H groups in total. The van der Waals surface area contributed by atoms with Crippen LogP contribution in [0.15, 0.2) is 24.4 Å². The van der Waals surface area contributed by atoms with E-state index in [0.29, 0.717) is 43.9 Å². The maximum absolute atomic E-state index is 12.4. The molecule has 0 bridgehead atoms. The Balaban J connectivity index is 1.60. The number of carboxylic acids is 2. The molecule has 0 saturated carbocycles. The number of nitrogens with zero attached hydrogens (tertiary/aromatic N) is 3. The summed E-state index contributed by atoms with van der Waals surface area (Å²) in [5.41, 5.74) is 1.35. The first-order valence-corrected chi connectivity index (χ1v) is 12.8. The number of carbonyl (C=O) groups is 2. The monoisotopic (exact) mass is 479 g/mol. The van der Waals surface area contributed by atoms with E-state index in [1.807, 2.05) is 11.0 Å². The molecule has 2 saturated heterocycles. The molecule has 2 aliphatic rings. The summed E-state index contributed by atoms with van der Waals surface area (Å²) < 4.78 is 30.8. The lowest BCUT2D eigenvalue weighted by atomic mass is 10.0. The van der Waals surface area contributed by atoms with Gasteiger partial charge in [0.05, 0.1) is 25.0 Å². The highest BCUT2D eigenvalue weighted by atomic mass is 32.2. The maximum atomic E-state index is 12.4. The lowest BCUT2D eigenvalue weighted by Gasteiger charge is -2.40. The zero-order valence-electron chi connectivity index (χ0n) is 18.5. The molecule has 2 aliphatic heterocycles. The summed E-state index contributed by atoms with van der Waals surface area (Å²) in [6, 6.07) is 4.48. The lowest BCUT2D eigenvalue weighted by Crippen LogP contribution is -2.52. The van der Waals surface area contributed by atoms with E-state index >= 15 is 0 Å². The zero-order valence-corrected chi connectivity index (χ0v) is 19.3. The highest BCUT2D eigenvalue weighted by Crippen LogP contribution is 2.34. The van der Waals surface area contributed by atoms with Crippen molar-refractivity contribution >= 4 is 32.7 Å². The van der Waals surface area contributed by atoms with Crippen LogP contribution in [0.5, 0.6) is 5.75 Å². The second kappa shape index (κ2) is 9.32. The number of rotatable bonds is 8. The molecule has 1 aromatic heterocycles. The van der Waals surface area contributed by atoms with Crippen molar-refractivity contribution in [1.82, 2.24) is 14.4 Å². The minimum atomic E-state index is -2.98. The predicted octanol–water partition coefficient (Wildman–Crippen LogP) is 1.06. The van der Waals surface area contributed by atoms with Gasteiger partial charge in [0.1, 0.15) is 11.8 Å². The van der Waals surface area contributed by atoms with Crippen molar-refractivity contribution < 1.29 is 33.0 Å². The summed E-state index contributed by atoms with van der Waals surface area (Å²) in [6.45, 7) is 2.43. The van der Waals surface area contributed by atoms with Crippen LogP contribution in [0.1, 0.15) is 24.4 Å². The second-order valence-electron chi connectivity index (χ2n) is 8.67. The fourth-order valence-corrected chi connectivity index (χ4v) is 6.72. The number of aryl methyl sites for hydroxylation is 1. The number of carboxylic acid groups (broad SMARTS) is 2. The standard InChI is InChI=1S/C22H29N3O7S/c1-32-16-2-3-19-17(12-16)18(13-25(19)6-4-20(26)27)21(22(28)29)24-9-7-23(8-10-24)15-5-11-33(30,31)14-15/h2-3,12-13,15,21H,4-11,14H2,1H3,(H,26,27)(H,28,29)/t15-,21+/m1/s1. The first-order valence-electron chi connectivity index (χ1n) is 11.0. The van der Waals surface area contributed by atoms with Crippen molar-refractivity contribution in [3.63, 3.8) is 0 Å². The van der Waals surface area contributed by atoms with Gasteiger partial charge in [-0.15, -0.1) is 0 Å². The Kier molecular flexibility index (Phi) is 6.64. The van der Waals surface area contributed by atoms with Gasteiger partial charge in [-0.25, -0.2) is 8.42 Å². The Morgan fingerprint density at radius 1 is 1.18 bits per heavy atom. The number of aliphatic carboxylic acids is 2. The average molecular weight is 480 g/mol. The van der Waals surface area contributed by atoms with Crippen LogP contribution in [-0.2, 0) is 26.0 Å². The molecule has 33 heavy (non-hydrogen) atoms. The number of hydrogen-bond acceptors (Lipinski definition) is 7. The van der Waals surface area contributed by atoms with Crippen molar-refractivity contribution in [3.05, 3.63) is 30.0 Å². The van der Waals surface area contributed by atoms with E-state index in [4.69, 9.17) is 9.84 Å². The van der Waals surface area contributed by atoms with Gasteiger partial charge in [-0.3, -0.25) is 19.4 Å². The predicted molar refractivity (Wildman–Crippen MR) is 121 cm³/mol. The minimum Gasteiger partial charge on any atom is -0.497 e. The summed E-state index contributed by atoms with van der Waals surface area (Å²) >= 11 is 0. The van der Waals surface area contributed by atoms with E-state index in [0.717, 1.165) is 10.9 Å². The second-order valence-corrected chi connectivity index (χ2v) is 10.9. The molecule has 1 aromatic carbocycles. The Morgan fingerprint density at radius 3 is 2.48 bits per heavy atom. The van der Waals surface area contributed by atoms with Crippen LogP contribution in [-0.4, -0.2) is 95.8 Å². The maximum Gasteiger partial charge on any atom is 0.325 e. The van der Waals surface area contributed by atoms with E-state index in [-0.39, 0.29) is 30.5 Å². The fourth-order valence-electron chi connectivity index (χ4n) is 4.96. The summed E-state index contributed by atoms with van der Waals surface area (Å²) in [5, 5.41) is 20.0. The van der Waals surface area contributed by atoms with Crippen LogP contribution in [0.4, 0.5) is 0 Å². The van der Waals surface area contributed by atoms with Crippen LogP contribution in [0.25, 0.3) is 10.9 Å². The van der Waals surface area contributed by atoms with Gasteiger partial charge in [-0.2, -0.15) is 0 Å². The van der Waals surface area contributed by atoms with E-state index in [1.54, 1.807) is 30.0 Å². The van der Waals surface area contributed by atoms with Gasteiger partial charge < -0.3 is 19.5 Å². The summed E-state index contributed by atoms with van der Waals surface area (Å²) in [4.78, 5) is 27.6. The Bertz CT molecular complexity index is 1150. The smallest absolute Gasteiger partial charge is 0.325 e. The topological polar surface area (TPSA) is 129 Å². The molecule has 10 nitrogen and oxygen atoms in total. The van der Waals surface area contributed by atoms with Crippen molar-refractivity contribution in [1.29, 1.82) is 0 Å². The fraction of sp³-hybridized carbons (Fsp3) is 0.545. The van der Waals surface area contributed by atoms with Gasteiger partial charge in [0.25, 0.3) is 0 Å². The molecule has 4 rings (SSSR count). The number of methoxy groups -OCH3 is 1. The average Bonchev–Trinajstić information content (AvgIpc) is 3.32. The molecule has 3 heterocycles. The molecule has 0 aliphatic carbocycles. The van der Waals surface area contributed by atoms with Crippen LogP contribution < -0.4 is 4.74 Å². The lowest BCUT2D eigenvalue weighted by molar-refractivity contribution is -0.144. The number of fused-ring (bicyclic) bond motifs is 1. The van der Waals surface area contributed by atoms with Crippen molar-refractivity contribution in [2.45, 2.75) is 31.5 Å². The molecule has 2 atom stereocenters. The van der Waals surface area contributed by atoms with Gasteiger partial charge in [-0.05, 0) is 24.6 Å². The van der Waals surface area contributed by atoms with E-state index in [2.05, 4.69) is 4.90 Å². The zero-order chi connectivity index (χ0) is 23.8. The normalized spacial score (nSPS) is 22.4. The van der Waals surface area contributed by atoms with Gasteiger partial charge in [-0.1, -0.05) is 0 Å². The van der Waals surface area contributed by atoms with E-state index in [9.17, 15) is 23.1 Å². The van der Waals surface area contributed by atoms with Crippen LogP contribution in [0.2, 0.25) is 0 Å². The third-order valence-electron chi connectivity index (χ3n) is 6.65. The highest BCUT2D eigenvalue weighted by Gasteiger charge is 2.37. The number of sulfone groups is 1. The third-order valence-corrected chi connectivity index (χ3v) is 8.40. The Morgan fingerprint density at radius 2 is 1.91 bits per heavy atom. The van der Waals surface area contributed by atoms with Gasteiger partial charge >= 0.3 is 11.9 Å². The largest absolute Gasteiger partial charge is 0.497 e. The van der Waals surface area contributed by atoms with Crippen molar-refractivity contribution in [3.8, 4) is 5.75 Å². The summed E-state index contributed by atoms with van der Waals surface area (Å²) in [5.74, 6) is -0.922. The number of hydrogen-bond donors (Lipinski definition) is 2. The number of ether oxygens (including phenoxy) is 1. The van der Waals surface area contributed by atoms with Gasteiger partial charge in [0.15, 0.2) is 9.84 Å². The number of aromatic nitrogens is 1. The molecule has 0 spiro atoms. The van der Waals surface area contributed by atoms with Gasteiger partial charge in [0.2, 0.25) is 0 Å². The third kappa shape index (κ3) is 4.99. The minimum absolute atomic E-state index is 0.00243. The molecule has 2 aromatic rings. The number of piperazine rings is 1. The quantitative estimate of drug-likeness (QED) is 0.571. The SMILES string of the molecule is COc1ccc2c(c1)c([C@@H](C(=O)O)N1CCN([C@@H]3CCS(=O)(=O)C3)CC1)cn2CCC(=O)O. The van der Waals surface area contributed by atoms with Crippen LogP contribution in [0, 0.1) is 0 Å². The summed E-state index contributed by atoms with van der Waals surface area (Å²) in [6.07, 6.45) is 2.29.